The fourth-order valence-corrected chi connectivity index (χ4v) is 2.80. The summed E-state index contributed by atoms with van der Waals surface area (Å²) in [7, 11) is 0. The lowest BCUT2D eigenvalue weighted by Gasteiger charge is -2.17. The van der Waals surface area contributed by atoms with E-state index in [1.54, 1.807) is 0 Å². The van der Waals surface area contributed by atoms with Crippen LogP contribution in [-0.2, 0) is 6.42 Å². The van der Waals surface area contributed by atoms with E-state index in [1.165, 1.54) is 11.1 Å². The van der Waals surface area contributed by atoms with Gasteiger partial charge in [-0.05, 0) is 42.3 Å². The zero-order valence-corrected chi connectivity index (χ0v) is 11.9. The van der Waals surface area contributed by atoms with Crippen molar-refractivity contribution < 1.29 is 14.2 Å². The summed E-state index contributed by atoms with van der Waals surface area (Å²) in [5, 5.41) is 3.50. The fraction of sp³-hybridized carbons (Fsp3) is 0.294. The molecular weight excluding hydrogens is 266 g/mol. The van der Waals surface area contributed by atoms with Crippen LogP contribution in [0.2, 0.25) is 0 Å². The summed E-state index contributed by atoms with van der Waals surface area (Å²) < 4.78 is 16.3. The van der Waals surface area contributed by atoms with Crippen LogP contribution < -0.4 is 19.5 Å². The molecule has 108 valence electrons. The Balaban J connectivity index is 1.54. The first-order chi connectivity index (χ1) is 10.3. The van der Waals surface area contributed by atoms with Crippen LogP contribution in [-0.4, -0.2) is 13.4 Å². The quantitative estimate of drug-likeness (QED) is 0.935. The standard InChI is InChI=1S/C17H17NO3/c1-11(12-2-4-15-13(8-12)6-7-19-15)18-14-3-5-16-17(9-14)21-10-20-16/h2-5,8-9,11,18H,6-7,10H2,1H3. The largest absolute Gasteiger partial charge is 0.493 e. The average Bonchev–Trinajstić information content (AvgIpc) is 3.14. The SMILES string of the molecule is CC(Nc1ccc2c(c1)OCO2)c1ccc2c(c1)CCO2. The van der Waals surface area contributed by atoms with Crippen molar-refractivity contribution in [3.05, 3.63) is 47.5 Å². The van der Waals surface area contributed by atoms with Gasteiger partial charge in [-0.15, -0.1) is 0 Å². The predicted octanol–water partition coefficient (Wildman–Crippen LogP) is 3.52. The van der Waals surface area contributed by atoms with E-state index >= 15 is 0 Å². The number of ether oxygens (including phenoxy) is 3. The molecule has 4 heteroatoms. The highest BCUT2D eigenvalue weighted by Crippen LogP contribution is 2.35. The Morgan fingerprint density at radius 1 is 0.952 bits per heavy atom. The van der Waals surface area contributed by atoms with Crippen LogP contribution in [0.5, 0.6) is 17.2 Å². The molecule has 0 radical (unpaired) electrons. The van der Waals surface area contributed by atoms with Crippen molar-refractivity contribution in [2.45, 2.75) is 19.4 Å². The van der Waals surface area contributed by atoms with Gasteiger partial charge in [-0.3, -0.25) is 0 Å². The van der Waals surface area contributed by atoms with Gasteiger partial charge in [0.2, 0.25) is 6.79 Å². The van der Waals surface area contributed by atoms with Crippen molar-refractivity contribution in [3.63, 3.8) is 0 Å². The van der Waals surface area contributed by atoms with E-state index in [4.69, 9.17) is 14.2 Å². The summed E-state index contributed by atoms with van der Waals surface area (Å²) in [5.74, 6) is 2.63. The van der Waals surface area contributed by atoms with Gasteiger partial charge < -0.3 is 19.5 Å². The molecule has 2 aromatic carbocycles. The lowest BCUT2D eigenvalue weighted by Crippen LogP contribution is -2.06. The average molecular weight is 283 g/mol. The first-order valence-electron chi connectivity index (χ1n) is 7.21. The van der Waals surface area contributed by atoms with Gasteiger partial charge in [0.25, 0.3) is 0 Å². The lowest BCUT2D eigenvalue weighted by molar-refractivity contribution is 0.174. The normalized spacial score (nSPS) is 16.2. The van der Waals surface area contributed by atoms with Gasteiger partial charge in [-0.2, -0.15) is 0 Å². The molecule has 21 heavy (non-hydrogen) atoms. The predicted molar refractivity (Wildman–Crippen MR) is 80.2 cm³/mol. The highest BCUT2D eigenvalue weighted by Gasteiger charge is 2.16. The molecule has 0 spiro atoms. The third kappa shape index (κ3) is 2.27. The maximum absolute atomic E-state index is 5.55. The second kappa shape index (κ2) is 4.88. The number of nitrogens with one attached hydrogen (secondary N) is 1. The fourth-order valence-electron chi connectivity index (χ4n) is 2.80. The van der Waals surface area contributed by atoms with Gasteiger partial charge in [-0.25, -0.2) is 0 Å². The molecule has 1 unspecified atom stereocenters. The first-order valence-corrected chi connectivity index (χ1v) is 7.21. The smallest absolute Gasteiger partial charge is 0.231 e. The summed E-state index contributed by atoms with van der Waals surface area (Å²) >= 11 is 0. The molecule has 0 aromatic heterocycles. The molecule has 4 rings (SSSR count). The highest BCUT2D eigenvalue weighted by atomic mass is 16.7. The minimum Gasteiger partial charge on any atom is -0.493 e. The van der Waals surface area contributed by atoms with E-state index in [-0.39, 0.29) is 6.04 Å². The Bertz CT molecular complexity index is 684. The van der Waals surface area contributed by atoms with Crippen LogP contribution in [0.15, 0.2) is 36.4 Å². The van der Waals surface area contributed by atoms with Crippen LogP contribution in [0.3, 0.4) is 0 Å². The van der Waals surface area contributed by atoms with Crippen LogP contribution >= 0.6 is 0 Å². The van der Waals surface area contributed by atoms with Crippen molar-refractivity contribution >= 4 is 5.69 Å². The zero-order valence-electron chi connectivity index (χ0n) is 11.9. The van der Waals surface area contributed by atoms with Crippen LogP contribution in [0.25, 0.3) is 0 Å². The van der Waals surface area contributed by atoms with Crippen molar-refractivity contribution in [3.8, 4) is 17.2 Å². The van der Waals surface area contributed by atoms with E-state index in [0.29, 0.717) is 6.79 Å². The molecule has 0 saturated heterocycles. The van der Waals surface area contributed by atoms with Crippen molar-refractivity contribution in [1.82, 2.24) is 0 Å². The Hall–Kier alpha value is -2.36. The van der Waals surface area contributed by atoms with Crippen molar-refractivity contribution in [2.75, 3.05) is 18.7 Å². The monoisotopic (exact) mass is 283 g/mol. The maximum atomic E-state index is 5.55. The van der Waals surface area contributed by atoms with Gasteiger partial charge in [0.1, 0.15) is 5.75 Å². The number of hydrogen-bond acceptors (Lipinski definition) is 4. The third-order valence-electron chi connectivity index (χ3n) is 3.97. The second-order valence-electron chi connectivity index (χ2n) is 5.40. The molecule has 1 N–H and O–H groups in total. The van der Waals surface area contributed by atoms with Crippen LogP contribution in [0.1, 0.15) is 24.1 Å². The lowest BCUT2D eigenvalue weighted by atomic mass is 10.0. The molecule has 1 atom stereocenters. The van der Waals surface area contributed by atoms with Gasteiger partial charge in [0.05, 0.1) is 6.61 Å². The van der Waals surface area contributed by atoms with E-state index in [2.05, 4.69) is 30.4 Å². The topological polar surface area (TPSA) is 39.7 Å². The summed E-state index contributed by atoms with van der Waals surface area (Å²) in [6.07, 6.45) is 1.000. The highest BCUT2D eigenvalue weighted by molar-refractivity contribution is 5.56. The molecule has 0 aliphatic carbocycles. The Morgan fingerprint density at radius 2 is 1.81 bits per heavy atom. The Morgan fingerprint density at radius 3 is 2.76 bits per heavy atom. The molecular formula is C17H17NO3. The van der Waals surface area contributed by atoms with Gasteiger partial charge in [0, 0.05) is 24.2 Å². The summed E-state index contributed by atoms with van der Waals surface area (Å²) in [6.45, 7) is 3.25. The Kier molecular flexibility index (Phi) is 2.88. The molecule has 0 saturated carbocycles. The Labute approximate surface area is 123 Å². The van der Waals surface area contributed by atoms with E-state index < -0.39 is 0 Å². The van der Waals surface area contributed by atoms with Crippen molar-refractivity contribution in [1.29, 1.82) is 0 Å². The van der Waals surface area contributed by atoms with Crippen molar-refractivity contribution in [2.24, 2.45) is 0 Å². The second-order valence-corrected chi connectivity index (χ2v) is 5.40. The molecule has 2 aliphatic rings. The maximum Gasteiger partial charge on any atom is 0.231 e. The third-order valence-corrected chi connectivity index (χ3v) is 3.97. The summed E-state index contributed by atoms with van der Waals surface area (Å²) in [5.41, 5.74) is 3.59. The van der Waals surface area contributed by atoms with E-state index in [9.17, 15) is 0 Å². The number of fused-ring (bicyclic) bond motifs is 2. The molecule has 2 heterocycles. The molecule has 0 amide bonds. The number of benzene rings is 2. The summed E-state index contributed by atoms with van der Waals surface area (Å²) in [6, 6.07) is 12.6. The minimum atomic E-state index is 0.219. The minimum absolute atomic E-state index is 0.219. The zero-order chi connectivity index (χ0) is 14.2. The molecule has 2 aliphatic heterocycles. The number of anilines is 1. The first kappa shape index (κ1) is 12.4. The van der Waals surface area contributed by atoms with Gasteiger partial charge >= 0.3 is 0 Å². The van der Waals surface area contributed by atoms with Gasteiger partial charge in [0.15, 0.2) is 11.5 Å². The molecule has 4 nitrogen and oxygen atoms in total. The van der Waals surface area contributed by atoms with Gasteiger partial charge in [-0.1, -0.05) is 6.07 Å². The van der Waals surface area contributed by atoms with Crippen LogP contribution in [0.4, 0.5) is 5.69 Å². The summed E-state index contributed by atoms with van der Waals surface area (Å²) in [4.78, 5) is 0. The van der Waals surface area contributed by atoms with Crippen LogP contribution in [0, 0.1) is 0 Å². The number of rotatable bonds is 3. The molecule has 0 fully saturated rings. The van der Waals surface area contributed by atoms with E-state index in [0.717, 1.165) is 36.0 Å². The molecule has 0 bridgehead atoms. The number of hydrogen-bond donors (Lipinski definition) is 1. The molecule has 2 aromatic rings. The van der Waals surface area contributed by atoms with E-state index in [1.807, 2.05) is 18.2 Å².